The molecule has 3 heteroatoms. The van der Waals surface area contributed by atoms with E-state index in [2.05, 4.69) is 15.9 Å². The number of phenolic OH excluding ortho intramolecular Hbond substituents is 1. The number of benzene rings is 2. The Morgan fingerprint density at radius 1 is 1.00 bits per heavy atom. The van der Waals surface area contributed by atoms with Gasteiger partial charge in [-0.1, -0.05) is 46.3 Å². The van der Waals surface area contributed by atoms with E-state index in [0.29, 0.717) is 5.56 Å². The SMILES string of the molecule is O=C(c1ccc(O)cc1)C(Br)c1ccccc1. The van der Waals surface area contributed by atoms with E-state index in [4.69, 9.17) is 0 Å². The zero-order valence-electron chi connectivity index (χ0n) is 9.01. The molecule has 1 N–H and O–H groups in total. The van der Waals surface area contributed by atoms with Gasteiger partial charge in [0.2, 0.25) is 0 Å². The van der Waals surface area contributed by atoms with Crippen molar-refractivity contribution in [3.63, 3.8) is 0 Å². The van der Waals surface area contributed by atoms with Gasteiger partial charge in [0.05, 0.1) is 0 Å². The highest BCUT2D eigenvalue weighted by atomic mass is 79.9. The molecule has 0 aromatic heterocycles. The maximum atomic E-state index is 12.1. The lowest BCUT2D eigenvalue weighted by Gasteiger charge is -2.09. The summed E-state index contributed by atoms with van der Waals surface area (Å²) in [5, 5.41) is 9.17. The Hall–Kier alpha value is -1.61. The molecule has 0 radical (unpaired) electrons. The first kappa shape index (κ1) is 11.9. The van der Waals surface area contributed by atoms with Gasteiger partial charge in [0.25, 0.3) is 0 Å². The molecule has 2 rings (SSSR count). The lowest BCUT2D eigenvalue weighted by molar-refractivity contribution is 0.0991. The minimum Gasteiger partial charge on any atom is -0.508 e. The van der Waals surface area contributed by atoms with E-state index in [1.165, 1.54) is 12.1 Å². The summed E-state index contributed by atoms with van der Waals surface area (Å²) in [6.45, 7) is 0. The molecule has 0 fully saturated rings. The fourth-order valence-corrected chi connectivity index (χ4v) is 2.11. The van der Waals surface area contributed by atoms with Crippen LogP contribution in [0.4, 0.5) is 0 Å². The molecule has 2 nitrogen and oxygen atoms in total. The third-order valence-electron chi connectivity index (χ3n) is 2.47. The molecule has 86 valence electrons. The van der Waals surface area contributed by atoms with Gasteiger partial charge in [-0.25, -0.2) is 0 Å². The van der Waals surface area contributed by atoms with Crippen LogP contribution in [0.25, 0.3) is 0 Å². The Labute approximate surface area is 108 Å². The van der Waals surface area contributed by atoms with E-state index in [1.807, 2.05) is 30.3 Å². The van der Waals surface area contributed by atoms with Crippen LogP contribution in [0.5, 0.6) is 5.75 Å². The molecule has 0 spiro atoms. The smallest absolute Gasteiger partial charge is 0.180 e. The Balaban J connectivity index is 2.23. The number of carbonyl (C=O) groups excluding carboxylic acids is 1. The largest absolute Gasteiger partial charge is 0.508 e. The first-order valence-corrected chi connectivity index (χ1v) is 6.12. The number of ketones is 1. The van der Waals surface area contributed by atoms with Crippen molar-refractivity contribution >= 4 is 21.7 Å². The molecular weight excluding hydrogens is 280 g/mol. The number of carbonyl (C=O) groups is 1. The fraction of sp³-hybridized carbons (Fsp3) is 0.0714. The number of halogens is 1. The van der Waals surface area contributed by atoms with Crippen molar-refractivity contribution in [1.29, 1.82) is 0 Å². The number of Topliss-reactive ketones (excluding diaryl/α,β-unsaturated/α-hetero) is 1. The maximum Gasteiger partial charge on any atom is 0.180 e. The first-order valence-electron chi connectivity index (χ1n) is 5.21. The minimum atomic E-state index is -0.353. The van der Waals surface area contributed by atoms with E-state index in [-0.39, 0.29) is 16.4 Å². The number of hydrogen-bond acceptors (Lipinski definition) is 2. The molecule has 0 aliphatic heterocycles. The molecule has 1 atom stereocenters. The summed E-state index contributed by atoms with van der Waals surface area (Å²) in [4.78, 5) is 11.8. The van der Waals surface area contributed by atoms with Crippen LogP contribution < -0.4 is 0 Å². The number of phenols is 1. The van der Waals surface area contributed by atoms with Crippen LogP contribution in [-0.4, -0.2) is 10.9 Å². The Bertz CT molecular complexity index is 506. The molecule has 0 aliphatic carbocycles. The van der Waals surface area contributed by atoms with E-state index in [0.717, 1.165) is 5.56 Å². The molecule has 0 heterocycles. The average Bonchev–Trinajstić information content (AvgIpc) is 2.39. The van der Waals surface area contributed by atoms with Crippen molar-refractivity contribution in [1.82, 2.24) is 0 Å². The first-order chi connectivity index (χ1) is 8.18. The van der Waals surface area contributed by atoms with E-state index in [1.54, 1.807) is 12.1 Å². The Morgan fingerprint density at radius 2 is 1.59 bits per heavy atom. The molecule has 0 amide bonds. The van der Waals surface area contributed by atoms with Crippen LogP contribution in [0.1, 0.15) is 20.7 Å². The maximum absolute atomic E-state index is 12.1. The highest BCUT2D eigenvalue weighted by Crippen LogP contribution is 2.27. The second-order valence-electron chi connectivity index (χ2n) is 3.68. The predicted octanol–water partition coefficient (Wildman–Crippen LogP) is 3.71. The van der Waals surface area contributed by atoms with Gasteiger partial charge in [-0.15, -0.1) is 0 Å². The van der Waals surface area contributed by atoms with Crippen LogP contribution in [0.2, 0.25) is 0 Å². The predicted molar refractivity (Wildman–Crippen MR) is 70.5 cm³/mol. The van der Waals surface area contributed by atoms with Gasteiger partial charge in [-0.3, -0.25) is 4.79 Å². The summed E-state index contributed by atoms with van der Waals surface area (Å²) in [5.74, 6) is 0.142. The lowest BCUT2D eigenvalue weighted by atomic mass is 10.0. The molecule has 2 aromatic carbocycles. The van der Waals surface area contributed by atoms with Gasteiger partial charge in [0, 0.05) is 5.56 Å². The number of aromatic hydroxyl groups is 1. The third kappa shape index (κ3) is 2.74. The standard InChI is InChI=1S/C14H11BrO2/c15-13(10-4-2-1-3-5-10)14(17)11-6-8-12(16)9-7-11/h1-9,13,16H. The second-order valence-corrected chi connectivity index (χ2v) is 4.60. The Morgan fingerprint density at radius 3 is 2.18 bits per heavy atom. The van der Waals surface area contributed by atoms with Gasteiger partial charge in [-0.2, -0.15) is 0 Å². The van der Waals surface area contributed by atoms with Crippen molar-refractivity contribution in [2.45, 2.75) is 4.83 Å². The van der Waals surface area contributed by atoms with Crippen LogP contribution in [0.15, 0.2) is 54.6 Å². The van der Waals surface area contributed by atoms with Gasteiger partial charge in [0.1, 0.15) is 10.6 Å². The van der Waals surface area contributed by atoms with Crippen molar-refractivity contribution in [2.75, 3.05) is 0 Å². The quantitative estimate of drug-likeness (QED) is 0.691. The summed E-state index contributed by atoms with van der Waals surface area (Å²) in [6.07, 6.45) is 0. The van der Waals surface area contributed by atoms with Crippen LogP contribution >= 0.6 is 15.9 Å². The zero-order valence-corrected chi connectivity index (χ0v) is 10.6. The van der Waals surface area contributed by atoms with Crippen molar-refractivity contribution in [3.8, 4) is 5.75 Å². The fourth-order valence-electron chi connectivity index (χ4n) is 1.55. The number of hydrogen-bond donors (Lipinski definition) is 1. The topological polar surface area (TPSA) is 37.3 Å². The van der Waals surface area contributed by atoms with E-state index < -0.39 is 0 Å². The summed E-state index contributed by atoms with van der Waals surface area (Å²) >= 11 is 3.39. The van der Waals surface area contributed by atoms with Crippen molar-refractivity contribution in [2.24, 2.45) is 0 Å². The lowest BCUT2D eigenvalue weighted by Crippen LogP contribution is -2.06. The number of alkyl halides is 1. The second kappa shape index (κ2) is 5.15. The molecule has 17 heavy (non-hydrogen) atoms. The summed E-state index contributed by atoms with van der Waals surface area (Å²) in [6, 6.07) is 15.8. The summed E-state index contributed by atoms with van der Waals surface area (Å²) in [7, 11) is 0. The van der Waals surface area contributed by atoms with Crippen molar-refractivity contribution in [3.05, 3.63) is 65.7 Å². The highest BCUT2D eigenvalue weighted by molar-refractivity contribution is 9.09. The molecule has 0 saturated carbocycles. The van der Waals surface area contributed by atoms with Crippen molar-refractivity contribution < 1.29 is 9.90 Å². The molecule has 0 bridgehead atoms. The molecule has 0 aliphatic rings. The zero-order chi connectivity index (χ0) is 12.3. The van der Waals surface area contributed by atoms with Crippen LogP contribution in [0.3, 0.4) is 0 Å². The van der Waals surface area contributed by atoms with Crippen LogP contribution in [-0.2, 0) is 0 Å². The number of rotatable bonds is 3. The van der Waals surface area contributed by atoms with Gasteiger partial charge in [-0.05, 0) is 29.8 Å². The monoisotopic (exact) mass is 290 g/mol. The highest BCUT2D eigenvalue weighted by Gasteiger charge is 2.18. The Kier molecular flexibility index (Phi) is 3.59. The van der Waals surface area contributed by atoms with Gasteiger partial charge >= 0.3 is 0 Å². The minimum absolute atomic E-state index is 0.0174. The summed E-state index contributed by atoms with van der Waals surface area (Å²) in [5.41, 5.74) is 1.50. The van der Waals surface area contributed by atoms with E-state index in [9.17, 15) is 9.90 Å². The normalized spacial score (nSPS) is 12.1. The summed E-state index contributed by atoms with van der Waals surface area (Å²) < 4.78 is 0. The molecule has 2 aromatic rings. The average molecular weight is 291 g/mol. The van der Waals surface area contributed by atoms with E-state index >= 15 is 0 Å². The van der Waals surface area contributed by atoms with Gasteiger partial charge in [0.15, 0.2) is 5.78 Å². The molecule has 1 unspecified atom stereocenters. The molecule has 0 saturated heterocycles. The van der Waals surface area contributed by atoms with Crippen LogP contribution in [0, 0.1) is 0 Å². The third-order valence-corrected chi connectivity index (χ3v) is 3.42. The molecular formula is C14H11BrO2. The van der Waals surface area contributed by atoms with Gasteiger partial charge < -0.3 is 5.11 Å².